The second-order valence-corrected chi connectivity index (χ2v) is 5.48. The van der Waals surface area contributed by atoms with E-state index < -0.39 is 0 Å². The fourth-order valence-corrected chi connectivity index (χ4v) is 2.54. The first-order valence-corrected chi connectivity index (χ1v) is 8.20. The summed E-state index contributed by atoms with van der Waals surface area (Å²) in [6.45, 7) is 7.95. The number of likely N-dealkylation sites (N-methyl/N-ethyl adjacent to an activating group) is 1. The zero-order valence-electron chi connectivity index (χ0n) is 13.7. The van der Waals surface area contributed by atoms with Gasteiger partial charge >= 0.3 is 0 Å². The molecule has 2 rings (SSSR count). The minimum atomic E-state index is 0. The summed E-state index contributed by atoms with van der Waals surface area (Å²) >= 11 is 5.36. The summed E-state index contributed by atoms with van der Waals surface area (Å²) in [5.41, 5.74) is 3.37. The molecule has 0 heterocycles. The second-order valence-electron chi connectivity index (χ2n) is 5.11. The van der Waals surface area contributed by atoms with Gasteiger partial charge < -0.3 is 9.64 Å². The smallest absolute Gasteiger partial charge is 0.191 e. The summed E-state index contributed by atoms with van der Waals surface area (Å²) < 4.78 is 5.70. The molecule has 124 valence electrons. The van der Waals surface area contributed by atoms with Crippen LogP contribution in [0.25, 0.3) is 11.1 Å². The monoisotopic (exact) mass is 349 g/mol. The molecule has 0 spiro atoms. The summed E-state index contributed by atoms with van der Waals surface area (Å²) in [5, 5.41) is 0.576. The predicted octanol–water partition coefficient (Wildman–Crippen LogP) is 4.81. The molecule has 0 aliphatic heterocycles. The van der Waals surface area contributed by atoms with Crippen molar-refractivity contribution in [1.29, 1.82) is 0 Å². The van der Waals surface area contributed by atoms with Crippen molar-refractivity contribution >= 4 is 29.7 Å². The van der Waals surface area contributed by atoms with E-state index in [4.69, 9.17) is 17.0 Å². The maximum Gasteiger partial charge on any atom is 0.191 e. The molecule has 23 heavy (non-hydrogen) atoms. The van der Waals surface area contributed by atoms with Crippen molar-refractivity contribution in [2.75, 3.05) is 26.2 Å². The van der Waals surface area contributed by atoms with E-state index in [9.17, 15) is 0 Å². The SMILES string of the molecule is CCN(CC)CCOC(=S)c1ccc(-c2ccccc2)cc1.Cl. The number of benzene rings is 2. The third kappa shape index (κ3) is 5.94. The zero-order chi connectivity index (χ0) is 15.8. The van der Waals surface area contributed by atoms with Crippen LogP contribution < -0.4 is 0 Å². The Kier molecular flexibility index (Phi) is 8.85. The Hall–Kier alpha value is -1.42. The second kappa shape index (κ2) is 10.4. The lowest BCUT2D eigenvalue weighted by atomic mass is 10.0. The van der Waals surface area contributed by atoms with Crippen molar-refractivity contribution in [3.8, 4) is 11.1 Å². The molecule has 2 aromatic carbocycles. The first kappa shape index (κ1) is 19.6. The van der Waals surface area contributed by atoms with Crippen molar-refractivity contribution in [3.63, 3.8) is 0 Å². The van der Waals surface area contributed by atoms with E-state index in [0.29, 0.717) is 11.7 Å². The van der Waals surface area contributed by atoms with Gasteiger partial charge in [0.05, 0.1) is 0 Å². The quantitative estimate of drug-likeness (QED) is 0.665. The molecule has 2 aromatic rings. The van der Waals surface area contributed by atoms with Crippen molar-refractivity contribution in [3.05, 3.63) is 60.2 Å². The van der Waals surface area contributed by atoms with E-state index in [1.807, 2.05) is 30.3 Å². The average molecular weight is 350 g/mol. The van der Waals surface area contributed by atoms with Crippen LogP contribution in [0.4, 0.5) is 0 Å². The summed E-state index contributed by atoms with van der Waals surface area (Å²) in [5.74, 6) is 0. The van der Waals surface area contributed by atoms with Gasteiger partial charge in [-0.25, -0.2) is 0 Å². The number of thiocarbonyl (C=S) groups is 1. The van der Waals surface area contributed by atoms with Crippen molar-refractivity contribution in [1.82, 2.24) is 4.90 Å². The fraction of sp³-hybridized carbons (Fsp3) is 0.316. The van der Waals surface area contributed by atoms with Crippen LogP contribution in [0.2, 0.25) is 0 Å². The zero-order valence-corrected chi connectivity index (χ0v) is 15.3. The van der Waals surface area contributed by atoms with Gasteiger partial charge in [0.1, 0.15) is 6.61 Å². The number of nitrogens with zero attached hydrogens (tertiary/aromatic N) is 1. The first-order valence-electron chi connectivity index (χ1n) is 7.79. The lowest BCUT2D eigenvalue weighted by Gasteiger charge is -2.18. The van der Waals surface area contributed by atoms with E-state index in [0.717, 1.165) is 25.2 Å². The van der Waals surface area contributed by atoms with Gasteiger partial charge in [-0.05, 0) is 48.6 Å². The third-order valence-corrected chi connectivity index (χ3v) is 4.12. The van der Waals surface area contributed by atoms with Crippen LogP contribution in [0.5, 0.6) is 0 Å². The topological polar surface area (TPSA) is 12.5 Å². The third-order valence-electron chi connectivity index (χ3n) is 3.76. The van der Waals surface area contributed by atoms with E-state index in [-0.39, 0.29) is 12.4 Å². The Morgan fingerprint density at radius 2 is 1.48 bits per heavy atom. The van der Waals surface area contributed by atoms with Crippen LogP contribution in [0, 0.1) is 0 Å². The Labute approximate surface area is 150 Å². The molecular weight excluding hydrogens is 326 g/mol. The van der Waals surface area contributed by atoms with Gasteiger partial charge in [-0.2, -0.15) is 0 Å². The van der Waals surface area contributed by atoms with Gasteiger partial charge in [-0.1, -0.05) is 56.3 Å². The van der Waals surface area contributed by atoms with Gasteiger partial charge in [0.25, 0.3) is 0 Å². The first-order chi connectivity index (χ1) is 10.7. The van der Waals surface area contributed by atoms with Gasteiger partial charge in [0, 0.05) is 12.1 Å². The maximum atomic E-state index is 5.70. The Balaban J connectivity index is 0.00000264. The van der Waals surface area contributed by atoms with Gasteiger partial charge in [-0.3, -0.25) is 0 Å². The molecule has 0 radical (unpaired) electrons. The number of hydrogen-bond acceptors (Lipinski definition) is 3. The lowest BCUT2D eigenvalue weighted by molar-refractivity contribution is 0.219. The van der Waals surface area contributed by atoms with E-state index in [2.05, 4.69) is 43.0 Å². The minimum absolute atomic E-state index is 0. The van der Waals surface area contributed by atoms with E-state index in [1.165, 1.54) is 11.1 Å². The molecule has 0 saturated heterocycles. The Bertz CT molecular complexity index is 582. The molecule has 0 aliphatic carbocycles. The van der Waals surface area contributed by atoms with E-state index >= 15 is 0 Å². The van der Waals surface area contributed by atoms with E-state index in [1.54, 1.807) is 0 Å². The van der Waals surface area contributed by atoms with Crippen LogP contribution in [-0.2, 0) is 4.74 Å². The van der Waals surface area contributed by atoms with Gasteiger partial charge in [0.2, 0.25) is 0 Å². The Morgan fingerprint density at radius 3 is 2.04 bits per heavy atom. The predicted molar refractivity (Wildman–Crippen MR) is 105 cm³/mol. The molecular formula is C19H24ClNOS. The largest absolute Gasteiger partial charge is 0.482 e. The molecule has 0 fully saturated rings. The maximum absolute atomic E-state index is 5.70. The summed E-state index contributed by atoms with van der Waals surface area (Å²) in [6.07, 6.45) is 0. The highest BCUT2D eigenvalue weighted by atomic mass is 35.5. The average Bonchev–Trinajstić information content (AvgIpc) is 2.59. The summed E-state index contributed by atoms with van der Waals surface area (Å²) in [7, 11) is 0. The highest BCUT2D eigenvalue weighted by Gasteiger charge is 2.05. The molecule has 4 heteroatoms. The fourth-order valence-electron chi connectivity index (χ4n) is 2.32. The molecule has 0 aromatic heterocycles. The molecule has 2 nitrogen and oxygen atoms in total. The van der Waals surface area contributed by atoms with Crippen molar-refractivity contribution < 1.29 is 4.74 Å². The van der Waals surface area contributed by atoms with Crippen LogP contribution in [-0.4, -0.2) is 36.2 Å². The van der Waals surface area contributed by atoms with Crippen LogP contribution in [0.3, 0.4) is 0 Å². The van der Waals surface area contributed by atoms with Crippen LogP contribution >= 0.6 is 24.6 Å². The highest BCUT2D eigenvalue weighted by molar-refractivity contribution is 7.80. The number of halogens is 1. The normalized spacial score (nSPS) is 10.2. The molecule has 0 aliphatic rings. The lowest BCUT2D eigenvalue weighted by Crippen LogP contribution is -2.27. The van der Waals surface area contributed by atoms with Crippen molar-refractivity contribution in [2.24, 2.45) is 0 Å². The number of rotatable bonds is 7. The van der Waals surface area contributed by atoms with Gasteiger partial charge in [-0.15, -0.1) is 12.4 Å². The summed E-state index contributed by atoms with van der Waals surface area (Å²) in [4.78, 5) is 2.32. The molecule has 0 bridgehead atoms. The van der Waals surface area contributed by atoms with Crippen molar-refractivity contribution in [2.45, 2.75) is 13.8 Å². The van der Waals surface area contributed by atoms with Gasteiger partial charge in [0.15, 0.2) is 5.05 Å². The molecule has 0 amide bonds. The highest BCUT2D eigenvalue weighted by Crippen LogP contribution is 2.19. The standard InChI is InChI=1S/C19H23NOS.ClH/c1-3-20(4-2)14-15-21-19(22)18-12-10-17(11-13-18)16-8-6-5-7-9-16;/h5-13H,3-4,14-15H2,1-2H3;1H. The number of ether oxygens (including phenoxy) is 1. The molecule has 0 atom stereocenters. The van der Waals surface area contributed by atoms with Crippen LogP contribution in [0.1, 0.15) is 19.4 Å². The summed E-state index contributed by atoms with van der Waals surface area (Å²) in [6, 6.07) is 18.6. The number of hydrogen-bond donors (Lipinski definition) is 0. The molecule has 0 N–H and O–H groups in total. The minimum Gasteiger partial charge on any atom is -0.482 e. The van der Waals surface area contributed by atoms with Crippen LogP contribution in [0.15, 0.2) is 54.6 Å². The molecule has 0 saturated carbocycles. The molecule has 0 unspecified atom stereocenters. The Morgan fingerprint density at radius 1 is 0.913 bits per heavy atom.